The molecule has 0 spiro atoms. The fourth-order valence-corrected chi connectivity index (χ4v) is 3.18. The molecule has 1 saturated heterocycles. The van der Waals surface area contributed by atoms with Crippen LogP contribution in [0.5, 0.6) is 0 Å². The monoisotopic (exact) mass is 384 g/mol. The number of hydrogen-bond acceptors (Lipinski definition) is 4. The number of nitrogens with zero attached hydrogens (tertiary/aromatic N) is 3. The van der Waals surface area contributed by atoms with Crippen LogP contribution >= 0.6 is 11.6 Å². The molecule has 27 heavy (non-hydrogen) atoms. The standard InChI is InChI=1S/C21H25ClN4O/c22-20-8-6-18(7-9-20)16-23-24-21(27)10-11-25-12-14-26(15-13-25)17-19-4-2-1-3-5-19/h1-9,16H,10-15,17H2,(H,24,27). The Balaban J connectivity index is 1.32. The van der Waals surface area contributed by atoms with E-state index in [0.29, 0.717) is 11.4 Å². The minimum Gasteiger partial charge on any atom is -0.300 e. The average Bonchev–Trinajstić information content (AvgIpc) is 2.70. The number of halogens is 1. The van der Waals surface area contributed by atoms with E-state index in [2.05, 4.69) is 44.6 Å². The zero-order valence-electron chi connectivity index (χ0n) is 15.4. The molecule has 0 unspecified atom stereocenters. The predicted octanol–water partition coefficient (Wildman–Crippen LogP) is 3.00. The van der Waals surface area contributed by atoms with Gasteiger partial charge in [-0.1, -0.05) is 54.1 Å². The molecule has 6 heteroatoms. The zero-order chi connectivity index (χ0) is 18.9. The summed E-state index contributed by atoms with van der Waals surface area (Å²) in [5, 5.41) is 4.68. The van der Waals surface area contributed by atoms with Crippen molar-refractivity contribution in [2.24, 2.45) is 5.10 Å². The molecule has 0 saturated carbocycles. The van der Waals surface area contributed by atoms with E-state index in [1.807, 2.05) is 18.2 Å². The van der Waals surface area contributed by atoms with Crippen molar-refractivity contribution in [2.45, 2.75) is 13.0 Å². The van der Waals surface area contributed by atoms with Gasteiger partial charge in [0.15, 0.2) is 0 Å². The Hall–Kier alpha value is -2.21. The molecule has 2 aromatic carbocycles. The Kier molecular flexibility index (Phi) is 7.39. The van der Waals surface area contributed by atoms with Crippen LogP contribution in [0.1, 0.15) is 17.5 Å². The number of hydrogen-bond donors (Lipinski definition) is 1. The highest BCUT2D eigenvalue weighted by atomic mass is 35.5. The number of nitrogens with one attached hydrogen (secondary N) is 1. The van der Waals surface area contributed by atoms with Gasteiger partial charge in [-0.15, -0.1) is 0 Å². The third kappa shape index (κ3) is 6.79. The number of piperazine rings is 1. The van der Waals surface area contributed by atoms with Crippen LogP contribution < -0.4 is 5.43 Å². The van der Waals surface area contributed by atoms with Gasteiger partial charge < -0.3 is 4.90 Å². The van der Waals surface area contributed by atoms with Gasteiger partial charge in [0.2, 0.25) is 5.91 Å². The van der Waals surface area contributed by atoms with Crippen molar-refractivity contribution in [3.8, 4) is 0 Å². The Morgan fingerprint density at radius 3 is 2.37 bits per heavy atom. The van der Waals surface area contributed by atoms with Gasteiger partial charge in [0, 0.05) is 50.7 Å². The quantitative estimate of drug-likeness (QED) is 0.589. The fraction of sp³-hybridized carbons (Fsp3) is 0.333. The summed E-state index contributed by atoms with van der Waals surface area (Å²) in [5.74, 6) is -0.0630. The normalized spacial score (nSPS) is 15.9. The largest absolute Gasteiger partial charge is 0.300 e. The van der Waals surface area contributed by atoms with Crippen molar-refractivity contribution < 1.29 is 4.79 Å². The van der Waals surface area contributed by atoms with Crippen LogP contribution in [0.15, 0.2) is 59.7 Å². The molecule has 3 rings (SSSR count). The van der Waals surface area contributed by atoms with Crippen LogP contribution in [0.4, 0.5) is 0 Å². The molecule has 1 aliphatic heterocycles. The summed E-state index contributed by atoms with van der Waals surface area (Å²) in [5.41, 5.74) is 4.84. The molecular formula is C21H25ClN4O. The minimum atomic E-state index is -0.0630. The summed E-state index contributed by atoms with van der Waals surface area (Å²) >= 11 is 5.84. The molecule has 5 nitrogen and oxygen atoms in total. The lowest BCUT2D eigenvalue weighted by Crippen LogP contribution is -2.46. The fourth-order valence-electron chi connectivity index (χ4n) is 3.06. The van der Waals surface area contributed by atoms with Crippen LogP contribution in [0, 0.1) is 0 Å². The van der Waals surface area contributed by atoms with E-state index >= 15 is 0 Å². The highest BCUT2D eigenvalue weighted by Crippen LogP contribution is 2.09. The maximum Gasteiger partial charge on any atom is 0.241 e. The Labute approximate surface area is 165 Å². The molecular weight excluding hydrogens is 360 g/mol. The number of carbonyl (C=O) groups is 1. The van der Waals surface area contributed by atoms with Gasteiger partial charge in [0.25, 0.3) is 0 Å². The Bertz CT molecular complexity index is 741. The topological polar surface area (TPSA) is 47.9 Å². The molecule has 1 N–H and O–H groups in total. The molecule has 2 aromatic rings. The van der Waals surface area contributed by atoms with E-state index in [0.717, 1.165) is 44.8 Å². The van der Waals surface area contributed by atoms with E-state index in [1.165, 1.54) is 5.56 Å². The summed E-state index contributed by atoms with van der Waals surface area (Å²) < 4.78 is 0. The molecule has 0 aromatic heterocycles. The first-order valence-electron chi connectivity index (χ1n) is 9.25. The van der Waals surface area contributed by atoms with Crippen LogP contribution in [-0.4, -0.2) is 54.6 Å². The van der Waals surface area contributed by atoms with E-state index in [-0.39, 0.29) is 5.91 Å². The van der Waals surface area contributed by atoms with E-state index in [1.54, 1.807) is 18.3 Å². The number of benzene rings is 2. The van der Waals surface area contributed by atoms with Crippen molar-refractivity contribution >= 4 is 23.7 Å². The second-order valence-corrected chi connectivity index (χ2v) is 7.13. The second kappa shape index (κ2) is 10.2. The third-order valence-electron chi connectivity index (χ3n) is 4.64. The first-order chi connectivity index (χ1) is 13.2. The van der Waals surface area contributed by atoms with Gasteiger partial charge >= 0.3 is 0 Å². The number of amides is 1. The molecule has 1 amide bonds. The predicted molar refractivity (Wildman–Crippen MR) is 110 cm³/mol. The van der Waals surface area contributed by atoms with Crippen LogP contribution in [-0.2, 0) is 11.3 Å². The minimum absolute atomic E-state index is 0.0630. The van der Waals surface area contributed by atoms with Gasteiger partial charge in [0.05, 0.1) is 6.21 Å². The van der Waals surface area contributed by atoms with Gasteiger partial charge in [-0.3, -0.25) is 9.69 Å². The van der Waals surface area contributed by atoms with E-state index in [4.69, 9.17) is 11.6 Å². The van der Waals surface area contributed by atoms with E-state index in [9.17, 15) is 4.79 Å². The summed E-state index contributed by atoms with van der Waals surface area (Å²) in [7, 11) is 0. The maximum atomic E-state index is 12.0. The lowest BCUT2D eigenvalue weighted by Gasteiger charge is -2.34. The van der Waals surface area contributed by atoms with Gasteiger partial charge in [-0.05, 0) is 23.3 Å². The second-order valence-electron chi connectivity index (χ2n) is 6.70. The highest BCUT2D eigenvalue weighted by molar-refractivity contribution is 6.30. The van der Waals surface area contributed by atoms with Crippen molar-refractivity contribution in [3.05, 3.63) is 70.7 Å². The molecule has 1 heterocycles. The van der Waals surface area contributed by atoms with Crippen molar-refractivity contribution in [2.75, 3.05) is 32.7 Å². The smallest absolute Gasteiger partial charge is 0.241 e. The van der Waals surface area contributed by atoms with Crippen molar-refractivity contribution in [1.82, 2.24) is 15.2 Å². The zero-order valence-corrected chi connectivity index (χ0v) is 16.1. The molecule has 1 fully saturated rings. The molecule has 0 aliphatic carbocycles. The summed E-state index contributed by atoms with van der Waals surface area (Å²) in [6.45, 7) is 5.81. The third-order valence-corrected chi connectivity index (χ3v) is 4.89. The molecule has 0 bridgehead atoms. The molecule has 0 atom stereocenters. The molecule has 142 valence electrons. The van der Waals surface area contributed by atoms with Gasteiger partial charge in [-0.25, -0.2) is 5.43 Å². The van der Waals surface area contributed by atoms with Gasteiger partial charge in [0.1, 0.15) is 0 Å². The van der Waals surface area contributed by atoms with Crippen molar-refractivity contribution in [3.63, 3.8) is 0 Å². The lowest BCUT2D eigenvalue weighted by molar-refractivity contribution is -0.121. The SMILES string of the molecule is O=C(CCN1CCN(Cc2ccccc2)CC1)NN=Cc1ccc(Cl)cc1. The summed E-state index contributed by atoms with van der Waals surface area (Å²) in [6, 6.07) is 17.8. The van der Waals surface area contributed by atoms with Crippen LogP contribution in [0.2, 0.25) is 5.02 Å². The lowest BCUT2D eigenvalue weighted by atomic mass is 10.2. The Morgan fingerprint density at radius 2 is 1.67 bits per heavy atom. The number of hydrazone groups is 1. The van der Waals surface area contributed by atoms with E-state index < -0.39 is 0 Å². The van der Waals surface area contributed by atoms with Crippen LogP contribution in [0.3, 0.4) is 0 Å². The first kappa shape index (κ1) is 19.5. The maximum absolute atomic E-state index is 12.0. The summed E-state index contributed by atoms with van der Waals surface area (Å²) in [6.07, 6.45) is 2.08. The van der Waals surface area contributed by atoms with Crippen molar-refractivity contribution in [1.29, 1.82) is 0 Å². The first-order valence-corrected chi connectivity index (χ1v) is 9.63. The average molecular weight is 385 g/mol. The number of carbonyl (C=O) groups excluding carboxylic acids is 1. The highest BCUT2D eigenvalue weighted by Gasteiger charge is 2.17. The Morgan fingerprint density at radius 1 is 1.00 bits per heavy atom. The summed E-state index contributed by atoms with van der Waals surface area (Å²) in [4.78, 5) is 16.8. The van der Waals surface area contributed by atoms with Gasteiger partial charge in [-0.2, -0.15) is 5.10 Å². The molecule has 1 aliphatic rings. The van der Waals surface area contributed by atoms with Crippen LogP contribution in [0.25, 0.3) is 0 Å². The molecule has 0 radical (unpaired) electrons. The number of rotatable bonds is 7.